The first-order valence-electron chi connectivity index (χ1n) is 8.97. The Hall–Kier alpha value is -1.32. The van der Waals surface area contributed by atoms with Crippen molar-refractivity contribution in [2.75, 3.05) is 13.1 Å². The van der Waals surface area contributed by atoms with Crippen molar-refractivity contribution in [3.05, 3.63) is 11.8 Å². The maximum atomic E-state index is 12.4. The van der Waals surface area contributed by atoms with Crippen LogP contribution in [-0.4, -0.2) is 29.8 Å². The van der Waals surface area contributed by atoms with E-state index in [1.165, 1.54) is 25.0 Å². The lowest BCUT2D eigenvalue weighted by Crippen LogP contribution is -2.51. The maximum absolute atomic E-state index is 12.4. The Morgan fingerprint density at radius 3 is 2.82 bits per heavy atom. The van der Waals surface area contributed by atoms with Crippen LogP contribution < -0.4 is 5.32 Å². The molecule has 4 aliphatic rings. The van der Waals surface area contributed by atoms with Gasteiger partial charge in [0, 0.05) is 36.5 Å². The van der Waals surface area contributed by atoms with E-state index in [4.69, 9.17) is 0 Å². The third-order valence-electron chi connectivity index (χ3n) is 5.84. The summed E-state index contributed by atoms with van der Waals surface area (Å²) in [5.41, 5.74) is 1.25. The summed E-state index contributed by atoms with van der Waals surface area (Å²) in [7, 11) is 0. The van der Waals surface area contributed by atoms with Gasteiger partial charge in [-0.15, -0.1) is 0 Å². The van der Waals surface area contributed by atoms with Crippen molar-refractivity contribution in [3.8, 4) is 0 Å². The predicted octanol–water partition coefficient (Wildman–Crippen LogP) is 2.60. The number of rotatable bonds is 5. The van der Waals surface area contributed by atoms with Crippen LogP contribution in [0.15, 0.2) is 11.8 Å². The van der Waals surface area contributed by atoms with Gasteiger partial charge in [-0.3, -0.25) is 9.59 Å². The predicted molar refractivity (Wildman–Crippen MR) is 83.8 cm³/mol. The average molecular weight is 302 g/mol. The van der Waals surface area contributed by atoms with Crippen LogP contribution in [0.2, 0.25) is 0 Å². The normalized spacial score (nSPS) is 31.5. The largest absolute Gasteiger partial charge is 0.355 e. The molecule has 0 aromatic rings. The van der Waals surface area contributed by atoms with Gasteiger partial charge in [0.2, 0.25) is 11.8 Å². The number of fused-ring (bicyclic) bond motifs is 1. The van der Waals surface area contributed by atoms with E-state index in [9.17, 15) is 9.59 Å². The second-order valence-electron chi connectivity index (χ2n) is 7.70. The Morgan fingerprint density at radius 1 is 1.27 bits per heavy atom. The number of hydrogen-bond donors (Lipinski definition) is 1. The van der Waals surface area contributed by atoms with Crippen LogP contribution in [0.3, 0.4) is 0 Å². The van der Waals surface area contributed by atoms with Crippen molar-refractivity contribution in [3.63, 3.8) is 0 Å². The maximum Gasteiger partial charge on any atom is 0.226 e. The van der Waals surface area contributed by atoms with E-state index in [1.807, 2.05) is 0 Å². The third kappa shape index (κ3) is 2.68. The minimum atomic E-state index is 0.0194. The minimum Gasteiger partial charge on any atom is -0.355 e. The van der Waals surface area contributed by atoms with E-state index in [-0.39, 0.29) is 17.2 Å². The highest BCUT2D eigenvalue weighted by Crippen LogP contribution is 2.47. The summed E-state index contributed by atoms with van der Waals surface area (Å²) in [6.07, 6.45) is 11.8. The van der Waals surface area contributed by atoms with Crippen LogP contribution in [0.1, 0.15) is 57.8 Å². The Bertz CT molecular complexity index is 519. The van der Waals surface area contributed by atoms with Gasteiger partial charge in [-0.05, 0) is 57.3 Å². The zero-order chi connectivity index (χ0) is 15.2. The molecule has 0 bridgehead atoms. The quantitative estimate of drug-likeness (QED) is 0.848. The van der Waals surface area contributed by atoms with Crippen LogP contribution in [0.4, 0.5) is 0 Å². The first kappa shape index (κ1) is 14.3. The van der Waals surface area contributed by atoms with Crippen molar-refractivity contribution in [1.82, 2.24) is 10.2 Å². The summed E-state index contributed by atoms with van der Waals surface area (Å²) in [6, 6.07) is 0. The van der Waals surface area contributed by atoms with Crippen molar-refractivity contribution in [1.29, 1.82) is 0 Å². The molecule has 1 N–H and O–H groups in total. The lowest BCUT2D eigenvalue weighted by atomic mass is 9.69. The molecule has 0 aromatic heterocycles. The Morgan fingerprint density at radius 2 is 2.09 bits per heavy atom. The molecule has 1 heterocycles. The minimum absolute atomic E-state index is 0.0194. The number of carbonyl (C=O) groups excluding carboxylic acids is 2. The van der Waals surface area contributed by atoms with Crippen molar-refractivity contribution < 1.29 is 9.59 Å². The van der Waals surface area contributed by atoms with Gasteiger partial charge in [-0.1, -0.05) is 6.08 Å². The average Bonchev–Trinajstić information content (AvgIpc) is 3.41. The number of carbonyl (C=O) groups is 2. The Balaban J connectivity index is 1.52. The van der Waals surface area contributed by atoms with Gasteiger partial charge in [0.25, 0.3) is 0 Å². The molecule has 1 atom stereocenters. The molecule has 3 fully saturated rings. The van der Waals surface area contributed by atoms with E-state index in [2.05, 4.69) is 16.3 Å². The number of nitrogens with zero attached hydrogens (tertiary/aromatic N) is 1. The lowest BCUT2D eigenvalue weighted by molar-refractivity contribution is -0.134. The van der Waals surface area contributed by atoms with Gasteiger partial charge in [0.15, 0.2) is 0 Å². The molecular formula is C18H26N2O2. The molecule has 0 spiro atoms. The highest BCUT2D eigenvalue weighted by atomic mass is 16.2. The molecule has 4 heteroatoms. The van der Waals surface area contributed by atoms with E-state index in [0.29, 0.717) is 18.2 Å². The Kier molecular flexibility index (Phi) is 3.50. The van der Waals surface area contributed by atoms with E-state index >= 15 is 0 Å². The van der Waals surface area contributed by atoms with Gasteiger partial charge in [0.1, 0.15) is 0 Å². The fourth-order valence-corrected chi connectivity index (χ4v) is 4.06. The number of amides is 2. The number of likely N-dealkylation sites (tertiary alicyclic amines) is 1. The Labute approximate surface area is 132 Å². The molecule has 22 heavy (non-hydrogen) atoms. The molecular weight excluding hydrogens is 276 g/mol. The van der Waals surface area contributed by atoms with Gasteiger partial charge < -0.3 is 10.2 Å². The molecule has 120 valence electrons. The molecule has 3 aliphatic carbocycles. The zero-order valence-electron chi connectivity index (χ0n) is 13.3. The number of nitrogens with one attached hydrogen (secondary N) is 1. The van der Waals surface area contributed by atoms with Crippen LogP contribution in [0.5, 0.6) is 0 Å². The first-order chi connectivity index (χ1) is 10.7. The molecule has 0 aromatic carbocycles. The smallest absolute Gasteiger partial charge is 0.226 e. The zero-order valence-corrected chi connectivity index (χ0v) is 13.3. The van der Waals surface area contributed by atoms with E-state index in [1.54, 1.807) is 0 Å². The first-order valence-corrected chi connectivity index (χ1v) is 8.97. The molecule has 0 radical (unpaired) electrons. The number of hydrogen-bond acceptors (Lipinski definition) is 2. The molecule has 4 nitrogen and oxygen atoms in total. The second kappa shape index (κ2) is 5.39. The molecule has 2 saturated carbocycles. The number of piperidine rings is 1. The summed E-state index contributed by atoms with van der Waals surface area (Å²) < 4.78 is 0. The van der Waals surface area contributed by atoms with Gasteiger partial charge in [0.05, 0.1) is 0 Å². The van der Waals surface area contributed by atoms with E-state index in [0.717, 1.165) is 45.2 Å². The van der Waals surface area contributed by atoms with Gasteiger partial charge in [-0.2, -0.15) is 0 Å². The molecule has 2 amide bonds. The van der Waals surface area contributed by atoms with Crippen molar-refractivity contribution in [2.24, 2.45) is 17.3 Å². The standard InChI is InChI=1S/C18H26N2O2/c21-16-8-10-18(12-19-17(22)14-6-7-14)9-2-1-3-15(18)20(16)11-13-4-5-13/h3,13-14H,1-2,4-12H2,(H,19,22). The monoisotopic (exact) mass is 302 g/mol. The van der Waals surface area contributed by atoms with E-state index < -0.39 is 0 Å². The fraction of sp³-hybridized carbons (Fsp3) is 0.778. The van der Waals surface area contributed by atoms with Gasteiger partial charge in [-0.25, -0.2) is 0 Å². The van der Waals surface area contributed by atoms with Crippen LogP contribution in [0, 0.1) is 17.3 Å². The van der Waals surface area contributed by atoms with Crippen molar-refractivity contribution in [2.45, 2.75) is 57.8 Å². The van der Waals surface area contributed by atoms with Crippen molar-refractivity contribution >= 4 is 11.8 Å². The van der Waals surface area contributed by atoms with Gasteiger partial charge >= 0.3 is 0 Å². The lowest BCUT2D eigenvalue weighted by Gasteiger charge is -2.47. The molecule has 4 rings (SSSR count). The van der Waals surface area contributed by atoms with Crippen LogP contribution in [-0.2, 0) is 9.59 Å². The summed E-state index contributed by atoms with van der Waals surface area (Å²) in [5.74, 6) is 1.50. The SMILES string of the molecule is O=C(NCC12CCCC=C1N(CC1CC1)C(=O)CC2)C1CC1. The summed E-state index contributed by atoms with van der Waals surface area (Å²) >= 11 is 0. The summed E-state index contributed by atoms with van der Waals surface area (Å²) in [4.78, 5) is 26.5. The number of allylic oxidation sites excluding steroid dienone is 1. The molecule has 1 aliphatic heterocycles. The fourth-order valence-electron chi connectivity index (χ4n) is 4.06. The highest BCUT2D eigenvalue weighted by Gasteiger charge is 2.46. The molecule has 1 saturated heterocycles. The summed E-state index contributed by atoms with van der Waals surface area (Å²) in [6.45, 7) is 1.63. The van der Waals surface area contributed by atoms with Crippen LogP contribution in [0.25, 0.3) is 0 Å². The second-order valence-corrected chi connectivity index (χ2v) is 7.70. The van der Waals surface area contributed by atoms with Crippen LogP contribution >= 0.6 is 0 Å². The topological polar surface area (TPSA) is 49.4 Å². The molecule has 1 unspecified atom stereocenters. The summed E-state index contributed by atoms with van der Waals surface area (Å²) in [5, 5.41) is 3.19. The highest BCUT2D eigenvalue weighted by molar-refractivity contribution is 5.82. The third-order valence-corrected chi connectivity index (χ3v) is 5.84.